The summed E-state index contributed by atoms with van der Waals surface area (Å²) in [6.07, 6.45) is 1.70. The third-order valence-corrected chi connectivity index (χ3v) is 3.43. The summed E-state index contributed by atoms with van der Waals surface area (Å²) >= 11 is 1.46. The van der Waals surface area contributed by atoms with Gasteiger partial charge in [0.05, 0.1) is 22.0 Å². The van der Waals surface area contributed by atoms with Gasteiger partial charge in [0.25, 0.3) is 5.89 Å². The molecule has 0 radical (unpaired) electrons. The Hall–Kier alpha value is -2.52. The van der Waals surface area contributed by atoms with Crippen LogP contribution < -0.4 is 0 Å². The summed E-state index contributed by atoms with van der Waals surface area (Å²) in [4.78, 5) is 9.19. The van der Waals surface area contributed by atoms with Crippen LogP contribution in [-0.4, -0.2) is 15.1 Å². The van der Waals surface area contributed by atoms with Crippen LogP contribution in [0.3, 0.4) is 0 Å². The first-order chi connectivity index (χ1) is 9.28. The molecule has 0 atom stereocenters. The van der Waals surface area contributed by atoms with Crippen LogP contribution in [0.4, 0.5) is 0 Å². The largest absolute Gasteiger partial charge is 0.334 e. The number of thiazole rings is 1. The van der Waals surface area contributed by atoms with Crippen molar-refractivity contribution in [2.75, 3.05) is 0 Å². The number of aryl methyl sites for hydroxylation is 1. The van der Waals surface area contributed by atoms with E-state index >= 15 is 0 Å². The molecule has 0 bridgehead atoms. The Morgan fingerprint density at radius 3 is 2.95 bits per heavy atom. The first kappa shape index (κ1) is 11.6. The molecule has 0 spiro atoms. The summed E-state index contributed by atoms with van der Waals surface area (Å²) in [5, 5.41) is 12.8. The van der Waals surface area contributed by atoms with Gasteiger partial charge >= 0.3 is 0 Å². The Labute approximate surface area is 113 Å². The van der Waals surface area contributed by atoms with E-state index in [9.17, 15) is 0 Å². The van der Waals surface area contributed by atoms with E-state index in [2.05, 4.69) is 21.2 Å². The molecule has 0 saturated carbocycles. The second-order valence-electron chi connectivity index (χ2n) is 3.93. The Bertz CT molecular complexity index is 755. The first-order valence-electron chi connectivity index (χ1n) is 5.51. The fourth-order valence-electron chi connectivity index (χ4n) is 1.73. The van der Waals surface area contributed by atoms with Gasteiger partial charge in [-0.15, -0.1) is 11.3 Å². The number of nitriles is 1. The molecule has 1 aromatic carbocycles. The standard InChI is InChI=1S/C13H8N4OS/c1-8-4-9(5-14)2-3-10(8)13-16-12(17-18-13)11-6-15-7-19-11/h2-4,6-7H,1H3. The Morgan fingerprint density at radius 2 is 2.26 bits per heavy atom. The van der Waals surface area contributed by atoms with Crippen LogP contribution in [0.1, 0.15) is 11.1 Å². The predicted molar refractivity (Wildman–Crippen MR) is 70.3 cm³/mol. The van der Waals surface area contributed by atoms with Gasteiger partial charge in [0.15, 0.2) is 0 Å². The van der Waals surface area contributed by atoms with Crippen LogP contribution >= 0.6 is 11.3 Å². The summed E-state index contributed by atoms with van der Waals surface area (Å²) in [5.41, 5.74) is 4.10. The Kier molecular flexibility index (Phi) is 2.82. The maximum atomic E-state index is 8.85. The average Bonchev–Trinajstić information content (AvgIpc) is 3.09. The van der Waals surface area contributed by atoms with Crippen molar-refractivity contribution in [3.63, 3.8) is 0 Å². The summed E-state index contributed by atoms with van der Waals surface area (Å²) in [6, 6.07) is 7.45. The number of hydrogen-bond donors (Lipinski definition) is 0. The maximum Gasteiger partial charge on any atom is 0.258 e. The van der Waals surface area contributed by atoms with Gasteiger partial charge < -0.3 is 4.52 Å². The van der Waals surface area contributed by atoms with Gasteiger partial charge in [-0.2, -0.15) is 10.2 Å². The number of rotatable bonds is 2. The molecular formula is C13H8N4OS. The number of hydrogen-bond acceptors (Lipinski definition) is 6. The van der Waals surface area contributed by atoms with E-state index in [4.69, 9.17) is 9.78 Å². The normalized spacial score (nSPS) is 10.3. The van der Waals surface area contributed by atoms with Gasteiger partial charge in [-0.3, -0.25) is 4.98 Å². The lowest BCUT2D eigenvalue weighted by atomic mass is 10.1. The molecule has 0 unspecified atom stereocenters. The summed E-state index contributed by atoms with van der Waals surface area (Å²) in [6.45, 7) is 1.91. The van der Waals surface area contributed by atoms with Crippen molar-refractivity contribution in [2.24, 2.45) is 0 Å². The minimum atomic E-state index is 0.449. The molecule has 0 amide bonds. The van der Waals surface area contributed by atoms with E-state index in [1.165, 1.54) is 11.3 Å². The third-order valence-electron chi connectivity index (χ3n) is 2.66. The van der Waals surface area contributed by atoms with Crippen LogP contribution in [0, 0.1) is 18.3 Å². The average molecular weight is 268 g/mol. The van der Waals surface area contributed by atoms with Crippen molar-refractivity contribution < 1.29 is 4.52 Å². The van der Waals surface area contributed by atoms with Crippen molar-refractivity contribution in [1.29, 1.82) is 5.26 Å². The minimum absolute atomic E-state index is 0.449. The second kappa shape index (κ2) is 4.63. The molecule has 0 aliphatic heterocycles. The third kappa shape index (κ3) is 2.11. The molecule has 0 aliphatic rings. The number of benzene rings is 1. The fraction of sp³-hybridized carbons (Fsp3) is 0.0769. The van der Waals surface area contributed by atoms with Crippen LogP contribution in [0.25, 0.3) is 22.2 Å². The zero-order valence-corrected chi connectivity index (χ0v) is 10.8. The van der Waals surface area contributed by atoms with Crippen molar-refractivity contribution in [3.8, 4) is 28.2 Å². The molecule has 0 saturated heterocycles. The predicted octanol–water partition coefficient (Wildman–Crippen LogP) is 3.04. The number of aromatic nitrogens is 3. The van der Waals surface area contributed by atoms with E-state index < -0.39 is 0 Å². The molecule has 2 heterocycles. The molecule has 0 fully saturated rings. The highest BCUT2D eigenvalue weighted by Crippen LogP contribution is 2.26. The van der Waals surface area contributed by atoms with E-state index in [-0.39, 0.29) is 0 Å². The fourth-order valence-corrected chi connectivity index (χ4v) is 2.28. The maximum absolute atomic E-state index is 8.85. The van der Waals surface area contributed by atoms with E-state index in [0.717, 1.165) is 16.0 Å². The van der Waals surface area contributed by atoms with Crippen LogP contribution in [0.5, 0.6) is 0 Å². The Balaban J connectivity index is 2.02. The molecule has 0 N–H and O–H groups in total. The first-order valence-corrected chi connectivity index (χ1v) is 6.39. The van der Waals surface area contributed by atoms with Gasteiger partial charge in [-0.25, -0.2) is 0 Å². The molecular weight excluding hydrogens is 260 g/mol. The molecule has 6 heteroatoms. The van der Waals surface area contributed by atoms with Crippen LogP contribution in [-0.2, 0) is 0 Å². The van der Waals surface area contributed by atoms with Gasteiger partial charge in [-0.1, -0.05) is 5.16 Å². The number of nitrogens with zero attached hydrogens (tertiary/aromatic N) is 4. The summed E-state index contributed by atoms with van der Waals surface area (Å²) in [5.74, 6) is 0.978. The van der Waals surface area contributed by atoms with Crippen molar-refractivity contribution in [3.05, 3.63) is 41.0 Å². The highest BCUT2D eigenvalue weighted by molar-refractivity contribution is 7.13. The monoisotopic (exact) mass is 268 g/mol. The minimum Gasteiger partial charge on any atom is -0.334 e. The molecule has 3 aromatic rings. The van der Waals surface area contributed by atoms with E-state index in [1.807, 2.05) is 13.0 Å². The SMILES string of the molecule is Cc1cc(C#N)ccc1-c1nc(-c2cncs2)no1. The zero-order valence-electron chi connectivity index (χ0n) is 9.99. The summed E-state index contributed by atoms with van der Waals surface area (Å²) < 4.78 is 5.26. The van der Waals surface area contributed by atoms with Gasteiger partial charge in [0, 0.05) is 11.8 Å². The van der Waals surface area contributed by atoms with Crippen molar-refractivity contribution >= 4 is 11.3 Å². The molecule has 19 heavy (non-hydrogen) atoms. The molecule has 0 aliphatic carbocycles. The van der Waals surface area contributed by atoms with Crippen LogP contribution in [0.2, 0.25) is 0 Å². The Morgan fingerprint density at radius 1 is 1.37 bits per heavy atom. The lowest BCUT2D eigenvalue weighted by Gasteiger charge is -1.99. The quantitative estimate of drug-likeness (QED) is 0.714. The lowest BCUT2D eigenvalue weighted by Crippen LogP contribution is -1.85. The van der Waals surface area contributed by atoms with Crippen LogP contribution in [0.15, 0.2) is 34.4 Å². The molecule has 3 rings (SSSR count). The highest BCUT2D eigenvalue weighted by Gasteiger charge is 2.13. The van der Waals surface area contributed by atoms with Gasteiger partial charge in [0.1, 0.15) is 0 Å². The van der Waals surface area contributed by atoms with Crippen molar-refractivity contribution in [2.45, 2.75) is 6.92 Å². The van der Waals surface area contributed by atoms with E-state index in [0.29, 0.717) is 17.3 Å². The molecule has 5 nitrogen and oxygen atoms in total. The second-order valence-corrected chi connectivity index (χ2v) is 4.82. The van der Waals surface area contributed by atoms with E-state index in [1.54, 1.807) is 23.8 Å². The topological polar surface area (TPSA) is 75.6 Å². The molecule has 2 aromatic heterocycles. The summed E-state index contributed by atoms with van der Waals surface area (Å²) in [7, 11) is 0. The van der Waals surface area contributed by atoms with Crippen molar-refractivity contribution in [1.82, 2.24) is 15.1 Å². The smallest absolute Gasteiger partial charge is 0.258 e. The van der Waals surface area contributed by atoms with Gasteiger partial charge in [0.2, 0.25) is 5.82 Å². The van der Waals surface area contributed by atoms with Gasteiger partial charge in [-0.05, 0) is 30.7 Å². The molecule has 92 valence electrons. The highest BCUT2D eigenvalue weighted by atomic mass is 32.1. The lowest BCUT2D eigenvalue weighted by molar-refractivity contribution is 0.432. The zero-order chi connectivity index (χ0) is 13.2.